The van der Waals surface area contributed by atoms with E-state index in [2.05, 4.69) is 53.2 Å². The largest absolute Gasteiger partial charge is 0.396 e. The minimum atomic E-state index is 0.262. The molecule has 5 heteroatoms. The third-order valence-electron chi connectivity index (χ3n) is 6.03. The number of fused-ring (bicyclic) bond motifs is 1. The van der Waals surface area contributed by atoms with Crippen LogP contribution in [0.3, 0.4) is 0 Å². The van der Waals surface area contributed by atoms with Crippen molar-refractivity contribution >= 4 is 11.6 Å². The Morgan fingerprint density at radius 1 is 1.03 bits per heavy atom. The number of hydrogen-bond donors (Lipinski definition) is 1. The van der Waals surface area contributed by atoms with E-state index in [0.29, 0.717) is 5.92 Å². The molecule has 0 unspecified atom stereocenters. The van der Waals surface area contributed by atoms with Crippen molar-refractivity contribution in [2.75, 3.05) is 19.7 Å². The second kappa shape index (κ2) is 10.4. The average Bonchev–Trinajstić information content (AvgIpc) is 2.79. The molecule has 31 heavy (non-hydrogen) atoms. The number of aryl methyl sites for hydroxylation is 2. The van der Waals surface area contributed by atoms with E-state index in [1.165, 1.54) is 22.4 Å². The Kier molecular flexibility index (Phi) is 7.33. The molecule has 0 fully saturated rings. The number of rotatable bonds is 8. The summed E-state index contributed by atoms with van der Waals surface area (Å²) in [6.07, 6.45) is 5.80. The Labute approximate surface area is 189 Å². The molecule has 0 saturated carbocycles. The van der Waals surface area contributed by atoms with Crippen molar-refractivity contribution in [3.63, 3.8) is 0 Å². The van der Waals surface area contributed by atoms with Gasteiger partial charge in [0.25, 0.3) is 0 Å². The van der Waals surface area contributed by atoms with Crippen LogP contribution in [0.5, 0.6) is 0 Å². The number of aliphatic hydroxyl groups excluding tert-OH is 1. The maximum atomic E-state index is 9.13. The number of hydrogen-bond acceptors (Lipinski definition) is 4. The van der Waals surface area contributed by atoms with E-state index in [9.17, 15) is 0 Å². The summed E-state index contributed by atoms with van der Waals surface area (Å²) >= 11 is 5.96. The van der Waals surface area contributed by atoms with Gasteiger partial charge in [0.15, 0.2) is 5.82 Å². The molecule has 1 aliphatic rings. The highest BCUT2D eigenvalue weighted by atomic mass is 35.5. The minimum absolute atomic E-state index is 0.262. The molecule has 0 bridgehead atoms. The van der Waals surface area contributed by atoms with Crippen LogP contribution in [-0.2, 0) is 25.8 Å². The second-order valence-electron chi connectivity index (χ2n) is 8.59. The lowest BCUT2D eigenvalue weighted by atomic mass is 10.0. The van der Waals surface area contributed by atoms with Crippen LogP contribution in [0.1, 0.15) is 35.7 Å². The maximum absolute atomic E-state index is 9.13. The van der Waals surface area contributed by atoms with Crippen molar-refractivity contribution < 1.29 is 5.11 Å². The van der Waals surface area contributed by atoms with Crippen molar-refractivity contribution in [3.05, 3.63) is 82.1 Å². The average molecular weight is 436 g/mol. The first kappa shape index (κ1) is 21.9. The van der Waals surface area contributed by atoms with Crippen LogP contribution in [0.2, 0.25) is 5.02 Å². The van der Waals surface area contributed by atoms with Crippen molar-refractivity contribution in [1.82, 2.24) is 14.9 Å². The Bertz CT molecular complexity index is 989. The molecule has 0 radical (unpaired) electrons. The molecule has 4 rings (SSSR count). The van der Waals surface area contributed by atoms with Crippen LogP contribution in [0.25, 0.3) is 11.4 Å². The zero-order valence-corrected chi connectivity index (χ0v) is 18.9. The van der Waals surface area contributed by atoms with Crippen molar-refractivity contribution in [2.45, 2.75) is 39.2 Å². The van der Waals surface area contributed by atoms with Gasteiger partial charge < -0.3 is 5.11 Å². The SMILES string of the molecule is C[C@H](CCO)CN1CCc2nc(-c3ccc(CCc4ccc(Cl)cc4)cc3)ncc2C1. The molecule has 2 aromatic carbocycles. The highest BCUT2D eigenvalue weighted by molar-refractivity contribution is 6.30. The van der Waals surface area contributed by atoms with Gasteiger partial charge in [0, 0.05) is 55.0 Å². The van der Waals surface area contributed by atoms with Gasteiger partial charge in [0.1, 0.15) is 0 Å². The first-order valence-electron chi connectivity index (χ1n) is 11.1. The van der Waals surface area contributed by atoms with Gasteiger partial charge in [0.05, 0.1) is 5.69 Å². The summed E-state index contributed by atoms with van der Waals surface area (Å²) in [6.45, 7) is 5.39. The van der Waals surface area contributed by atoms with Gasteiger partial charge in [-0.05, 0) is 48.4 Å². The van der Waals surface area contributed by atoms with Crippen molar-refractivity contribution in [2.24, 2.45) is 5.92 Å². The van der Waals surface area contributed by atoms with Crippen LogP contribution in [0, 0.1) is 5.92 Å². The van der Waals surface area contributed by atoms with Crippen molar-refractivity contribution in [3.8, 4) is 11.4 Å². The molecule has 1 N–H and O–H groups in total. The van der Waals surface area contributed by atoms with E-state index in [1.54, 1.807) is 0 Å². The summed E-state index contributed by atoms with van der Waals surface area (Å²) < 4.78 is 0. The van der Waals surface area contributed by atoms with Crippen molar-refractivity contribution in [1.29, 1.82) is 0 Å². The number of halogens is 1. The van der Waals surface area contributed by atoms with Gasteiger partial charge in [-0.3, -0.25) is 4.90 Å². The second-order valence-corrected chi connectivity index (χ2v) is 9.03. The number of aromatic nitrogens is 2. The third-order valence-corrected chi connectivity index (χ3v) is 6.28. The molecule has 0 aliphatic carbocycles. The van der Waals surface area contributed by atoms with E-state index in [-0.39, 0.29) is 6.61 Å². The lowest BCUT2D eigenvalue weighted by Crippen LogP contribution is -2.34. The fourth-order valence-electron chi connectivity index (χ4n) is 4.18. The Balaban J connectivity index is 1.37. The lowest BCUT2D eigenvalue weighted by Gasteiger charge is -2.30. The minimum Gasteiger partial charge on any atom is -0.396 e. The standard InChI is InChI=1S/C26H30ClN3O/c1-19(13-15-31)17-30-14-12-25-23(18-30)16-28-26(29-25)22-8-4-20(5-9-22)2-3-21-6-10-24(27)11-7-21/h4-11,16,19,31H,2-3,12-15,17-18H2,1H3/t19-/m1/s1. The van der Waals surface area contributed by atoms with Crippen LogP contribution in [0.4, 0.5) is 0 Å². The topological polar surface area (TPSA) is 49.2 Å². The maximum Gasteiger partial charge on any atom is 0.159 e. The smallest absolute Gasteiger partial charge is 0.159 e. The highest BCUT2D eigenvalue weighted by Crippen LogP contribution is 2.23. The molecule has 162 valence electrons. The normalized spacial score (nSPS) is 14.9. The zero-order chi connectivity index (χ0) is 21.6. The first-order chi connectivity index (χ1) is 15.1. The molecule has 3 aromatic rings. The van der Waals surface area contributed by atoms with E-state index in [0.717, 1.165) is 61.7 Å². The predicted molar refractivity (Wildman–Crippen MR) is 126 cm³/mol. The van der Waals surface area contributed by atoms with Crippen LogP contribution >= 0.6 is 11.6 Å². The molecule has 0 amide bonds. The number of nitrogens with zero attached hydrogens (tertiary/aromatic N) is 3. The predicted octanol–water partition coefficient (Wildman–Crippen LogP) is 4.96. The fraction of sp³-hybridized carbons (Fsp3) is 0.385. The van der Waals surface area contributed by atoms with Gasteiger partial charge in [-0.2, -0.15) is 0 Å². The third kappa shape index (κ3) is 5.91. The van der Waals surface area contributed by atoms with E-state index in [4.69, 9.17) is 21.7 Å². The summed E-state index contributed by atoms with van der Waals surface area (Å²) in [5.74, 6) is 1.31. The molecular formula is C26H30ClN3O. The summed E-state index contributed by atoms with van der Waals surface area (Å²) in [5, 5.41) is 9.91. The summed E-state index contributed by atoms with van der Waals surface area (Å²) in [6, 6.07) is 16.7. The monoisotopic (exact) mass is 435 g/mol. The molecule has 4 nitrogen and oxygen atoms in total. The van der Waals surface area contributed by atoms with Crippen LogP contribution < -0.4 is 0 Å². The van der Waals surface area contributed by atoms with Gasteiger partial charge in [-0.15, -0.1) is 0 Å². The molecule has 1 aromatic heterocycles. The summed E-state index contributed by atoms with van der Waals surface area (Å²) in [7, 11) is 0. The van der Waals surface area contributed by atoms with Gasteiger partial charge in [-0.25, -0.2) is 9.97 Å². The Hall–Kier alpha value is -2.27. The molecule has 0 saturated heterocycles. The molecule has 0 spiro atoms. The lowest BCUT2D eigenvalue weighted by molar-refractivity contribution is 0.189. The zero-order valence-electron chi connectivity index (χ0n) is 18.1. The molecule has 1 atom stereocenters. The Morgan fingerprint density at radius 2 is 1.71 bits per heavy atom. The van der Waals surface area contributed by atoms with Crippen LogP contribution in [0.15, 0.2) is 54.7 Å². The highest BCUT2D eigenvalue weighted by Gasteiger charge is 2.20. The van der Waals surface area contributed by atoms with E-state index >= 15 is 0 Å². The fourth-order valence-corrected chi connectivity index (χ4v) is 4.31. The molecule has 2 heterocycles. The van der Waals surface area contributed by atoms with E-state index in [1.807, 2.05) is 18.3 Å². The summed E-state index contributed by atoms with van der Waals surface area (Å²) in [5.41, 5.74) is 6.07. The number of aliphatic hydroxyl groups is 1. The van der Waals surface area contributed by atoms with Gasteiger partial charge in [0.2, 0.25) is 0 Å². The van der Waals surface area contributed by atoms with Gasteiger partial charge >= 0.3 is 0 Å². The molecular weight excluding hydrogens is 406 g/mol. The van der Waals surface area contributed by atoms with Crippen LogP contribution in [-0.4, -0.2) is 39.7 Å². The van der Waals surface area contributed by atoms with E-state index < -0.39 is 0 Å². The molecule has 1 aliphatic heterocycles. The Morgan fingerprint density at radius 3 is 2.39 bits per heavy atom. The number of benzene rings is 2. The van der Waals surface area contributed by atoms with Gasteiger partial charge in [-0.1, -0.05) is 54.9 Å². The summed E-state index contributed by atoms with van der Waals surface area (Å²) in [4.78, 5) is 12.0. The quantitative estimate of drug-likeness (QED) is 0.543. The first-order valence-corrected chi connectivity index (χ1v) is 11.5.